The molecule has 2 aromatic heterocycles. The maximum atomic E-state index is 6.04. The summed E-state index contributed by atoms with van der Waals surface area (Å²) >= 11 is 6.04. The molecule has 7 nitrogen and oxygen atoms in total. The largest absolute Gasteiger partial charge is 0.444 e. The zero-order valence-electron chi connectivity index (χ0n) is 16.3. The molecule has 0 radical (unpaired) electrons. The fraction of sp³-hybridized carbons (Fsp3) is 0.350. The number of oxazole rings is 1. The summed E-state index contributed by atoms with van der Waals surface area (Å²) in [7, 11) is 0. The highest BCUT2D eigenvalue weighted by Gasteiger charge is 2.15. The van der Waals surface area contributed by atoms with Crippen LogP contribution in [0.4, 0.5) is 0 Å². The summed E-state index contributed by atoms with van der Waals surface area (Å²) in [5.74, 6) is 2.13. The van der Waals surface area contributed by atoms with E-state index in [2.05, 4.69) is 25.7 Å². The van der Waals surface area contributed by atoms with E-state index in [4.69, 9.17) is 16.0 Å². The van der Waals surface area contributed by atoms with Gasteiger partial charge in [-0.3, -0.25) is 4.68 Å². The molecular weight excluding hydrogens is 376 g/mol. The summed E-state index contributed by atoms with van der Waals surface area (Å²) in [5.41, 5.74) is 2.00. The maximum absolute atomic E-state index is 6.04. The standard InChI is InChI=1S/C20H25ClN6O/c1-4-22-20(24-13-19-26-14(2)15(3)28-19)23-12-18(27-11-5-10-25-27)16-6-8-17(21)9-7-16/h5-11,18H,4,12-13H2,1-3H3,(H2,22,23,24). The molecule has 0 saturated carbocycles. The molecule has 0 aliphatic carbocycles. The third-order valence-corrected chi connectivity index (χ3v) is 4.60. The van der Waals surface area contributed by atoms with E-state index in [1.54, 1.807) is 6.20 Å². The van der Waals surface area contributed by atoms with E-state index in [0.29, 0.717) is 30.0 Å². The molecule has 1 unspecified atom stereocenters. The Morgan fingerprint density at radius 3 is 2.64 bits per heavy atom. The highest BCUT2D eigenvalue weighted by molar-refractivity contribution is 6.30. The Kier molecular flexibility index (Phi) is 6.71. The second-order valence-electron chi connectivity index (χ2n) is 6.38. The Hall–Kier alpha value is -2.80. The number of halogens is 1. The second kappa shape index (κ2) is 9.41. The molecule has 28 heavy (non-hydrogen) atoms. The molecule has 0 fully saturated rings. The van der Waals surface area contributed by atoms with Gasteiger partial charge in [0.2, 0.25) is 5.89 Å². The first-order valence-corrected chi connectivity index (χ1v) is 9.64. The van der Waals surface area contributed by atoms with Gasteiger partial charge in [-0.2, -0.15) is 5.10 Å². The topological polar surface area (TPSA) is 80.3 Å². The number of nitrogens with one attached hydrogen (secondary N) is 2. The molecule has 8 heteroatoms. The van der Waals surface area contributed by atoms with Crippen LogP contribution >= 0.6 is 11.6 Å². The van der Waals surface area contributed by atoms with Crippen LogP contribution in [-0.2, 0) is 6.54 Å². The molecule has 1 aromatic carbocycles. The fourth-order valence-electron chi connectivity index (χ4n) is 2.80. The summed E-state index contributed by atoms with van der Waals surface area (Å²) in [5, 5.41) is 11.8. The van der Waals surface area contributed by atoms with Gasteiger partial charge < -0.3 is 15.1 Å². The molecule has 3 aromatic rings. The van der Waals surface area contributed by atoms with Crippen molar-refractivity contribution < 1.29 is 4.42 Å². The van der Waals surface area contributed by atoms with Crippen molar-refractivity contribution in [2.75, 3.05) is 13.1 Å². The van der Waals surface area contributed by atoms with Gasteiger partial charge in [0.25, 0.3) is 0 Å². The lowest BCUT2D eigenvalue weighted by Crippen LogP contribution is -2.40. The van der Waals surface area contributed by atoms with Crippen molar-refractivity contribution in [3.63, 3.8) is 0 Å². The smallest absolute Gasteiger partial charge is 0.216 e. The highest BCUT2D eigenvalue weighted by atomic mass is 35.5. The number of guanidine groups is 1. The molecule has 1 atom stereocenters. The summed E-state index contributed by atoms with van der Waals surface area (Å²) in [6, 6.07) is 9.72. The number of hydrogen-bond acceptors (Lipinski definition) is 4. The average Bonchev–Trinajstić information content (AvgIpc) is 3.31. The van der Waals surface area contributed by atoms with E-state index < -0.39 is 0 Å². The number of aliphatic imine (C=N–C) groups is 1. The minimum atomic E-state index is 0.00218. The highest BCUT2D eigenvalue weighted by Crippen LogP contribution is 2.19. The number of aryl methyl sites for hydroxylation is 2. The van der Waals surface area contributed by atoms with Gasteiger partial charge >= 0.3 is 0 Å². The Balaban J connectivity index is 1.73. The Labute approximate surface area is 169 Å². The van der Waals surface area contributed by atoms with Gasteiger partial charge in [0.15, 0.2) is 5.96 Å². The number of benzene rings is 1. The van der Waals surface area contributed by atoms with Crippen LogP contribution in [0.3, 0.4) is 0 Å². The van der Waals surface area contributed by atoms with Crippen molar-refractivity contribution in [1.29, 1.82) is 0 Å². The first kappa shape index (κ1) is 19.9. The van der Waals surface area contributed by atoms with Gasteiger partial charge in [0, 0.05) is 30.5 Å². The van der Waals surface area contributed by atoms with Crippen LogP contribution in [0.1, 0.15) is 35.9 Å². The Morgan fingerprint density at radius 2 is 2.04 bits per heavy atom. The molecular formula is C20H25ClN6O. The van der Waals surface area contributed by atoms with Crippen LogP contribution in [0.15, 0.2) is 52.1 Å². The predicted molar refractivity (Wildman–Crippen MR) is 111 cm³/mol. The third-order valence-electron chi connectivity index (χ3n) is 4.35. The van der Waals surface area contributed by atoms with Gasteiger partial charge in [-0.1, -0.05) is 23.7 Å². The zero-order chi connectivity index (χ0) is 19.9. The summed E-state index contributed by atoms with van der Waals surface area (Å²) < 4.78 is 7.52. The van der Waals surface area contributed by atoms with E-state index in [9.17, 15) is 0 Å². The summed E-state index contributed by atoms with van der Waals surface area (Å²) in [6.45, 7) is 7.59. The van der Waals surface area contributed by atoms with Crippen molar-refractivity contribution in [1.82, 2.24) is 25.4 Å². The van der Waals surface area contributed by atoms with E-state index in [1.807, 2.05) is 62.0 Å². The van der Waals surface area contributed by atoms with Crippen molar-refractivity contribution in [3.05, 3.63) is 70.7 Å². The van der Waals surface area contributed by atoms with E-state index in [1.165, 1.54) is 0 Å². The second-order valence-corrected chi connectivity index (χ2v) is 6.82. The van der Waals surface area contributed by atoms with Crippen LogP contribution in [0, 0.1) is 13.8 Å². The molecule has 0 amide bonds. The van der Waals surface area contributed by atoms with Crippen molar-refractivity contribution >= 4 is 17.6 Å². The Bertz CT molecular complexity index is 882. The lowest BCUT2D eigenvalue weighted by Gasteiger charge is -2.20. The van der Waals surface area contributed by atoms with Crippen molar-refractivity contribution in [3.8, 4) is 0 Å². The molecule has 0 saturated heterocycles. The lowest BCUT2D eigenvalue weighted by atomic mass is 10.1. The maximum Gasteiger partial charge on any atom is 0.216 e. The quantitative estimate of drug-likeness (QED) is 0.468. The first-order chi connectivity index (χ1) is 13.6. The zero-order valence-corrected chi connectivity index (χ0v) is 17.1. The number of aromatic nitrogens is 3. The van der Waals surface area contributed by atoms with E-state index in [0.717, 1.165) is 23.6 Å². The summed E-state index contributed by atoms with van der Waals surface area (Å²) in [6.07, 6.45) is 3.72. The monoisotopic (exact) mass is 400 g/mol. The van der Waals surface area contributed by atoms with Crippen molar-refractivity contribution in [2.45, 2.75) is 33.4 Å². The van der Waals surface area contributed by atoms with Crippen LogP contribution in [0.5, 0.6) is 0 Å². The number of hydrogen-bond donors (Lipinski definition) is 2. The third kappa shape index (κ3) is 5.13. The van der Waals surface area contributed by atoms with Crippen LogP contribution < -0.4 is 10.6 Å². The van der Waals surface area contributed by atoms with Gasteiger partial charge in [0.1, 0.15) is 12.3 Å². The van der Waals surface area contributed by atoms with Gasteiger partial charge in [-0.15, -0.1) is 0 Å². The van der Waals surface area contributed by atoms with Crippen molar-refractivity contribution in [2.24, 2.45) is 4.99 Å². The van der Waals surface area contributed by atoms with Gasteiger partial charge in [0.05, 0.1) is 11.7 Å². The van der Waals surface area contributed by atoms with Crippen LogP contribution in [0.25, 0.3) is 0 Å². The van der Waals surface area contributed by atoms with E-state index >= 15 is 0 Å². The number of rotatable bonds is 7. The molecule has 3 rings (SSSR count). The normalized spacial score (nSPS) is 12.8. The van der Waals surface area contributed by atoms with Crippen LogP contribution in [0.2, 0.25) is 5.02 Å². The van der Waals surface area contributed by atoms with E-state index in [-0.39, 0.29) is 6.04 Å². The predicted octanol–water partition coefficient (Wildman–Crippen LogP) is 3.49. The molecule has 0 aliphatic heterocycles. The minimum absolute atomic E-state index is 0.00218. The summed E-state index contributed by atoms with van der Waals surface area (Å²) in [4.78, 5) is 8.96. The molecule has 2 N–H and O–H groups in total. The average molecular weight is 401 g/mol. The molecule has 2 heterocycles. The first-order valence-electron chi connectivity index (χ1n) is 9.26. The SMILES string of the molecule is CCNC(=NCc1nc(C)c(C)o1)NCC(c1ccc(Cl)cc1)n1cccn1. The molecule has 0 spiro atoms. The Morgan fingerprint density at radius 1 is 1.25 bits per heavy atom. The number of nitrogens with zero attached hydrogens (tertiary/aromatic N) is 4. The van der Waals surface area contributed by atoms with Crippen LogP contribution in [-0.4, -0.2) is 33.8 Å². The fourth-order valence-corrected chi connectivity index (χ4v) is 2.93. The molecule has 148 valence electrons. The minimum Gasteiger partial charge on any atom is -0.444 e. The molecule has 0 aliphatic rings. The van der Waals surface area contributed by atoms with Gasteiger partial charge in [-0.25, -0.2) is 9.98 Å². The van der Waals surface area contributed by atoms with Gasteiger partial charge in [-0.05, 0) is 44.5 Å². The lowest BCUT2D eigenvalue weighted by molar-refractivity contribution is 0.472. The molecule has 0 bridgehead atoms.